The van der Waals surface area contributed by atoms with Crippen LogP contribution in [0, 0.1) is 0 Å². The Morgan fingerprint density at radius 1 is 1.75 bits per heavy atom. The lowest BCUT2D eigenvalue weighted by Crippen LogP contribution is -1.78. The molecular weight excluding hydrogens is 131 g/mol. The minimum atomic E-state index is -2.12. The zero-order valence-electron chi connectivity index (χ0n) is 4.37. The largest absolute Gasteiger partial charge is 0.481 e. The predicted octanol–water partition coefficient (Wildman–Crippen LogP) is 0.244. The fraction of sp³-hybridized carbons (Fsp3) is 0.333. The quantitative estimate of drug-likeness (QED) is 0.470. The first kappa shape index (κ1) is 10.4. The van der Waals surface area contributed by atoms with Gasteiger partial charge in [-0.05, 0) is 6.30 Å². The van der Waals surface area contributed by atoms with Crippen LogP contribution in [0.15, 0.2) is 0 Å². The summed E-state index contributed by atoms with van der Waals surface area (Å²) >= 11 is 0. The van der Waals surface area contributed by atoms with E-state index in [1.54, 1.807) is 0 Å². The average Bonchev–Trinajstić information content (AvgIpc) is 1.25. The molecule has 5 heteroatoms. The number of hydrogen-bond acceptors (Lipinski definition) is 2. The summed E-state index contributed by atoms with van der Waals surface area (Å²) in [6, 6.07) is 0. The van der Waals surface area contributed by atoms with Gasteiger partial charge in [0, 0.05) is 6.92 Å². The van der Waals surface area contributed by atoms with Gasteiger partial charge in [0.25, 0.3) is 5.97 Å². The standard InChI is InChI=1S/C2H4O2.CH3O2P/c1-2(3)4;1-4(2)3/h1H3,(H,3,4);1H2,(H,2,3). The zero-order chi connectivity index (χ0) is 7.15. The van der Waals surface area contributed by atoms with Crippen LogP contribution < -0.4 is 0 Å². The molecule has 48 valence electrons. The van der Waals surface area contributed by atoms with Gasteiger partial charge in [0.15, 0.2) is 0 Å². The Morgan fingerprint density at radius 2 is 1.75 bits per heavy atom. The molecule has 0 aliphatic carbocycles. The van der Waals surface area contributed by atoms with Crippen LogP contribution in [0.3, 0.4) is 0 Å². The molecule has 0 aromatic carbocycles. The molecule has 0 aromatic heterocycles. The summed E-state index contributed by atoms with van der Waals surface area (Å²) < 4.78 is 9.04. The molecule has 0 aliphatic rings. The molecule has 0 rings (SSSR count). The molecule has 1 unspecified atom stereocenters. The van der Waals surface area contributed by atoms with Crippen molar-refractivity contribution >= 4 is 19.9 Å². The van der Waals surface area contributed by atoms with Crippen LogP contribution in [-0.2, 0) is 9.36 Å². The Balaban J connectivity index is 0. The van der Waals surface area contributed by atoms with Gasteiger partial charge >= 0.3 is 0 Å². The Kier molecular flexibility index (Phi) is 8.32. The van der Waals surface area contributed by atoms with E-state index in [0.717, 1.165) is 6.92 Å². The van der Waals surface area contributed by atoms with Crippen molar-refractivity contribution in [1.29, 1.82) is 0 Å². The van der Waals surface area contributed by atoms with Crippen molar-refractivity contribution in [2.45, 2.75) is 6.92 Å². The van der Waals surface area contributed by atoms with Gasteiger partial charge in [-0.15, -0.1) is 0 Å². The number of hydrogen-bond donors (Lipinski definition) is 2. The van der Waals surface area contributed by atoms with Crippen molar-refractivity contribution in [3.05, 3.63) is 0 Å². The van der Waals surface area contributed by atoms with Crippen LogP contribution in [-0.4, -0.2) is 22.3 Å². The van der Waals surface area contributed by atoms with E-state index in [1.807, 2.05) is 0 Å². The van der Waals surface area contributed by atoms with Gasteiger partial charge in [0.2, 0.25) is 7.65 Å². The van der Waals surface area contributed by atoms with Crippen molar-refractivity contribution in [3.63, 3.8) is 0 Å². The van der Waals surface area contributed by atoms with Crippen molar-refractivity contribution in [2.24, 2.45) is 0 Å². The van der Waals surface area contributed by atoms with Crippen molar-refractivity contribution in [2.75, 3.05) is 0 Å². The Labute approximate surface area is 47.3 Å². The highest BCUT2D eigenvalue weighted by atomic mass is 31.1. The average molecular weight is 138 g/mol. The molecule has 0 spiro atoms. The fourth-order valence-electron chi connectivity index (χ4n) is 0. The maximum absolute atomic E-state index is 9.04. The van der Waals surface area contributed by atoms with E-state index in [9.17, 15) is 0 Å². The third kappa shape index (κ3) is 290. The van der Waals surface area contributed by atoms with Crippen molar-refractivity contribution in [3.8, 4) is 0 Å². The third-order valence-corrected chi connectivity index (χ3v) is 0. The highest BCUT2D eigenvalue weighted by molar-refractivity contribution is 7.36. The molecule has 2 N–H and O–H groups in total. The second kappa shape index (κ2) is 6.40. The Bertz CT molecular complexity index is 113. The number of carboxylic acids is 1. The molecular formula is C3H7O4P. The van der Waals surface area contributed by atoms with Crippen LogP contribution in [0.25, 0.3) is 0 Å². The number of carboxylic acid groups (broad SMARTS) is 1. The molecule has 0 aromatic rings. The lowest BCUT2D eigenvalue weighted by Gasteiger charge is -1.59. The van der Waals surface area contributed by atoms with Crippen LogP contribution in [0.4, 0.5) is 0 Å². The Hall–Kier alpha value is -0.600. The topological polar surface area (TPSA) is 74.6 Å². The summed E-state index contributed by atoms with van der Waals surface area (Å²) in [5.74, 6) is -0.833. The van der Waals surface area contributed by atoms with Crippen LogP contribution in [0.1, 0.15) is 6.92 Å². The predicted molar refractivity (Wildman–Crippen MR) is 30.3 cm³/mol. The lowest BCUT2D eigenvalue weighted by atomic mass is 10.9. The van der Waals surface area contributed by atoms with Crippen molar-refractivity contribution in [1.82, 2.24) is 0 Å². The van der Waals surface area contributed by atoms with E-state index in [-0.39, 0.29) is 0 Å². The second-order valence-corrected chi connectivity index (χ2v) is 1.58. The SMILES string of the molecule is C=P(=O)O.CC(=O)O. The van der Waals surface area contributed by atoms with E-state index in [0.29, 0.717) is 0 Å². The molecule has 0 heterocycles. The van der Waals surface area contributed by atoms with Gasteiger partial charge in [0.1, 0.15) is 0 Å². The molecule has 0 radical (unpaired) electrons. The summed E-state index contributed by atoms with van der Waals surface area (Å²) in [5, 5.41) is 7.42. The van der Waals surface area contributed by atoms with E-state index >= 15 is 0 Å². The summed E-state index contributed by atoms with van der Waals surface area (Å²) in [7, 11) is -2.12. The van der Waals surface area contributed by atoms with Crippen molar-refractivity contribution < 1.29 is 19.4 Å². The fourth-order valence-corrected chi connectivity index (χ4v) is 0. The molecule has 0 saturated heterocycles. The summed E-state index contributed by atoms with van der Waals surface area (Å²) in [4.78, 5) is 16.5. The summed E-state index contributed by atoms with van der Waals surface area (Å²) in [6.45, 7) is 1.08. The highest BCUT2D eigenvalue weighted by Crippen LogP contribution is 1.83. The second-order valence-electron chi connectivity index (χ2n) is 0.871. The minimum absolute atomic E-state index is 0.833. The number of aliphatic carboxylic acids is 1. The van der Waals surface area contributed by atoms with Gasteiger partial charge < -0.3 is 10.00 Å². The van der Waals surface area contributed by atoms with Gasteiger partial charge in [-0.25, -0.2) is 0 Å². The van der Waals surface area contributed by atoms with E-state index in [2.05, 4.69) is 6.30 Å². The summed E-state index contributed by atoms with van der Waals surface area (Å²) in [6.07, 6.45) is 2.70. The molecule has 0 saturated carbocycles. The highest BCUT2D eigenvalue weighted by Gasteiger charge is 1.65. The van der Waals surface area contributed by atoms with E-state index in [4.69, 9.17) is 19.4 Å². The molecule has 0 bridgehead atoms. The number of rotatable bonds is 0. The first-order valence-corrected chi connectivity index (χ1v) is 3.02. The van der Waals surface area contributed by atoms with Crippen LogP contribution >= 0.6 is 7.65 Å². The number of carbonyl (C=O) groups is 1. The third-order valence-electron chi connectivity index (χ3n) is 0. The smallest absolute Gasteiger partial charge is 0.300 e. The van der Waals surface area contributed by atoms with Crippen LogP contribution in [0.2, 0.25) is 0 Å². The van der Waals surface area contributed by atoms with Gasteiger partial charge in [-0.2, -0.15) is 0 Å². The van der Waals surface area contributed by atoms with E-state index < -0.39 is 13.6 Å². The maximum atomic E-state index is 9.04. The summed E-state index contributed by atoms with van der Waals surface area (Å²) in [5.41, 5.74) is 0. The molecule has 0 fully saturated rings. The maximum Gasteiger partial charge on any atom is 0.300 e. The monoisotopic (exact) mass is 138 g/mol. The van der Waals surface area contributed by atoms with E-state index in [1.165, 1.54) is 0 Å². The normalized spacial score (nSPS) is 8.50. The lowest BCUT2D eigenvalue weighted by molar-refractivity contribution is -0.134. The first-order valence-electron chi connectivity index (χ1n) is 1.63. The van der Waals surface area contributed by atoms with Gasteiger partial charge in [0.05, 0.1) is 0 Å². The first-order chi connectivity index (χ1) is 3.46. The minimum Gasteiger partial charge on any atom is -0.481 e. The Morgan fingerprint density at radius 3 is 1.75 bits per heavy atom. The van der Waals surface area contributed by atoms with Gasteiger partial charge in [-0.3, -0.25) is 9.36 Å². The molecule has 0 aliphatic heterocycles. The van der Waals surface area contributed by atoms with Crippen LogP contribution in [0.5, 0.6) is 0 Å². The van der Waals surface area contributed by atoms with Gasteiger partial charge in [-0.1, -0.05) is 0 Å². The molecule has 0 amide bonds. The molecule has 8 heavy (non-hydrogen) atoms. The zero-order valence-corrected chi connectivity index (χ0v) is 5.26. The molecule has 1 atom stereocenters. The molecule has 4 nitrogen and oxygen atoms in total.